The quantitative estimate of drug-likeness (QED) is 0.155. The molecule has 0 unspecified atom stereocenters. The molecule has 0 radical (unpaired) electrons. The number of carbonyl (C=O) groups is 1. The van der Waals surface area contributed by atoms with Crippen molar-refractivity contribution in [3.8, 4) is 11.4 Å². The van der Waals surface area contributed by atoms with Gasteiger partial charge < -0.3 is 4.74 Å². The topological polar surface area (TPSA) is 98.3 Å². The zero-order chi connectivity index (χ0) is 30.5. The molecule has 43 heavy (non-hydrogen) atoms. The SMILES string of the molecule is CCOC(=O)c1cc(C)c2sc(=O)[n+](-c3ccccc3)nc2c1.[C-]#[N+]c1cc(C)c2sc(=O)[n+](-c3ccccc3)nc2c1. The lowest BCUT2D eigenvalue weighted by Crippen LogP contribution is -2.49. The van der Waals surface area contributed by atoms with Gasteiger partial charge in [-0.2, -0.15) is 0 Å². The van der Waals surface area contributed by atoms with Crippen LogP contribution in [-0.4, -0.2) is 22.8 Å². The normalized spacial score (nSPS) is 10.6. The second-order valence-corrected chi connectivity index (χ2v) is 11.2. The molecule has 2 heterocycles. The number of aryl methyl sites for hydroxylation is 2. The summed E-state index contributed by atoms with van der Waals surface area (Å²) in [6.45, 7) is 12.9. The van der Waals surface area contributed by atoms with Crippen LogP contribution in [0.5, 0.6) is 0 Å². The molecule has 2 aromatic heterocycles. The van der Waals surface area contributed by atoms with E-state index in [0.717, 1.165) is 48.9 Å². The number of rotatable bonds is 4. The molecule has 0 N–H and O–H groups in total. The lowest BCUT2D eigenvalue weighted by atomic mass is 10.1. The average Bonchev–Trinajstić information content (AvgIpc) is 3.02. The summed E-state index contributed by atoms with van der Waals surface area (Å²) in [6.07, 6.45) is 0. The number of benzene rings is 4. The van der Waals surface area contributed by atoms with E-state index in [4.69, 9.17) is 11.3 Å². The third-order valence-electron chi connectivity index (χ3n) is 6.28. The van der Waals surface area contributed by atoms with Crippen LogP contribution in [0.3, 0.4) is 0 Å². The van der Waals surface area contributed by atoms with E-state index in [1.807, 2.05) is 74.5 Å². The first-order valence-electron chi connectivity index (χ1n) is 13.2. The lowest BCUT2D eigenvalue weighted by Gasteiger charge is -2.04. The predicted molar refractivity (Wildman–Crippen MR) is 167 cm³/mol. The highest BCUT2D eigenvalue weighted by atomic mass is 32.1. The summed E-state index contributed by atoms with van der Waals surface area (Å²) in [5, 5.41) is 8.80. The van der Waals surface area contributed by atoms with E-state index in [2.05, 4.69) is 15.0 Å². The smallest absolute Gasteiger partial charge is 0.462 e. The molecular formula is C32H25N5O4S2+2. The molecular weight excluding hydrogens is 583 g/mol. The third-order valence-corrected chi connectivity index (χ3v) is 8.44. The van der Waals surface area contributed by atoms with Crippen LogP contribution in [0.4, 0.5) is 5.69 Å². The van der Waals surface area contributed by atoms with Crippen molar-refractivity contribution in [2.75, 3.05) is 6.61 Å². The monoisotopic (exact) mass is 607 g/mol. The summed E-state index contributed by atoms with van der Waals surface area (Å²) in [6, 6.07) is 25.4. The van der Waals surface area contributed by atoms with Crippen LogP contribution in [0, 0.1) is 20.4 Å². The Balaban J connectivity index is 0.000000173. The van der Waals surface area contributed by atoms with Crippen LogP contribution in [0.25, 0.3) is 36.7 Å². The van der Waals surface area contributed by atoms with Gasteiger partial charge in [-0.3, -0.25) is 0 Å². The standard InChI is InChI=1S/C17H15N2O3S.C15H10N3OS/c1-3-22-16(20)12-9-11(2)15-14(10-12)18-19(17(21)23-15)13-7-5-4-6-8-13;1-10-8-11(16-2)9-13-14(10)20-15(19)18(17-13)12-6-4-3-5-7-12/h4-10H,3H2,1-2H3;3-9H,1H3/q2*+1. The maximum absolute atomic E-state index is 12.3. The van der Waals surface area contributed by atoms with Crippen molar-refractivity contribution < 1.29 is 18.9 Å². The molecule has 11 heteroatoms. The lowest BCUT2D eigenvalue weighted by molar-refractivity contribution is -0.667. The van der Waals surface area contributed by atoms with E-state index < -0.39 is 0 Å². The number of aromatic nitrogens is 4. The summed E-state index contributed by atoms with van der Waals surface area (Å²) < 4.78 is 9.36. The first-order chi connectivity index (χ1) is 20.8. The number of para-hydroxylation sites is 2. The minimum absolute atomic E-state index is 0.137. The second kappa shape index (κ2) is 12.8. The summed E-state index contributed by atoms with van der Waals surface area (Å²) >= 11 is 2.27. The van der Waals surface area contributed by atoms with Crippen LogP contribution < -0.4 is 19.1 Å². The Kier molecular flexibility index (Phi) is 8.71. The fraction of sp³-hybridized carbons (Fsp3) is 0.125. The van der Waals surface area contributed by atoms with Crippen LogP contribution in [0.15, 0.2) is 94.5 Å². The molecule has 0 saturated carbocycles. The number of hydrogen-bond donors (Lipinski definition) is 0. The van der Waals surface area contributed by atoms with Gasteiger partial charge in [0.2, 0.25) is 11.4 Å². The van der Waals surface area contributed by atoms with Crippen LogP contribution in [-0.2, 0) is 4.74 Å². The van der Waals surface area contributed by atoms with Crippen molar-refractivity contribution in [3.05, 3.63) is 132 Å². The first kappa shape index (κ1) is 29.3. The van der Waals surface area contributed by atoms with Gasteiger partial charge in [-0.1, -0.05) is 42.5 Å². The molecule has 6 rings (SSSR count). The fourth-order valence-electron chi connectivity index (χ4n) is 4.33. The maximum atomic E-state index is 12.3. The third kappa shape index (κ3) is 6.35. The molecule has 0 bridgehead atoms. The Morgan fingerprint density at radius 1 is 0.791 bits per heavy atom. The summed E-state index contributed by atoms with van der Waals surface area (Å²) in [7, 11) is 0. The van der Waals surface area contributed by atoms with Gasteiger partial charge in [-0.25, -0.2) is 19.2 Å². The molecule has 0 atom stereocenters. The van der Waals surface area contributed by atoms with Gasteiger partial charge in [-0.05, 0) is 72.8 Å². The number of carbonyl (C=O) groups excluding carboxylic acids is 1. The number of hydrogen-bond acceptors (Lipinski definition) is 8. The molecule has 0 spiro atoms. The number of ether oxygens (including phenoxy) is 1. The van der Waals surface area contributed by atoms with Crippen molar-refractivity contribution in [2.45, 2.75) is 20.8 Å². The summed E-state index contributed by atoms with van der Waals surface area (Å²) in [4.78, 5) is 39.6. The number of nitrogens with zero attached hydrogens (tertiary/aromatic N) is 5. The van der Waals surface area contributed by atoms with E-state index in [9.17, 15) is 14.4 Å². The maximum Gasteiger partial charge on any atom is 0.504 e. The predicted octanol–water partition coefficient (Wildman–Crippen LogP) is 5.21. The molecule has 0 aliphatic heterocycles. The van der Waals surface area contributed by atoms with E-state index in [-0.39, 0.29) is 15.7 Å². The average molecular weight is 608 g/mol. The molecule has 0 aliphatic carbocycles. The largest absolute Gasteiger partial charge is 0.504 e. The van der Waals surface area contributed by atoms with Gasteiger partial charge in [0.25, 0.3) is 0 Å². The van der Waals surface area contributed by atoms with E-state index in [1.54, 1.807) is 31.2 Å². The Bertz CT molecular complexity index is 2140. The number of fused-ring (bicyclic) bond motifs is 2. The zero-order valence-corrected chi connectivity index (χ0v) is 25.1. The molecule has 0 aliphatic rings. The van der Waals surface area contributed by atoms with E-state index in [0.29, 0.717) is 34.6 Å². The van der Waals surface area contributed by atoms with Gasteiger partial charge in [0.15, 0.2) is 5.69 Å². The van der Waals surface area contributed by atoms with Crippen molar-refractivity contribution >= 4 is 54.8 Å². The molecule has 4 aromatic carbocycles. The Hall–Kier alpha value is -5.18. The van der Waals surface area contributed by atoms with Gasteiger partial charge in [0.05, 0.1) is 28.1 Å². The minimum Gasteiger partial charge on any atom is -0.462 e. The minimum atomic E-state index is -0.387. The highest BCUT2D eigenvalue weighted by Gasteiger charge is 2.20. The van der Waals surface area contributed by atoms with Crippen LogP contribution >= 0.6 is 22.7 Å². The van der Waals surface area contributed by atoms with Crippen molar-refractivity contribution in [3.63, 3.8) is 0 Å². The molecule has 0 amide bonds. The molecule has 212 valence electrons. The molecule has 0 fully saturated rings. The highest BCUT2D eigenvalue weighted by molar-refractivity contribution is 7.16. The van der Waals surface area contributed by atoms with E-state index in [1.165, 1.54) is 9.36 Å². The van der Waals surface area contributed by atoms with Gasteiger partial charge in [0, 0.05) is 43.8 Å². The molecule has 6 aromatic rings. The van der Waals surface area contributed by atoms with Gasteiger partial charge in [-0.15, -0.1) is 0 Å². The summed E-state index contributed by atoms with van der Waals surface area (Å²) in [5.41, 5.74) is 5.40. The van der Waals surface area contributed by atoms with Crippen molar-refractivity contribution in [1.82, 2.24) is 10.2 Å². The van der Waals surface area contributed by atoms with Crippen molar-refractivity contribution in [1.29, 1.82) is 0 Å². The Labute approximate surface area is 254 Å². The first-order valence-corrected chi connectivity index (χ1v) is 14.8. The summed E-state index contributed by atoms with van der Waals surface area (Å²) in [5.74, 6) is -0.387. The van der Waals surface area contributed by atoms with Crippen molar-refractivity contribution in [2.24, 2.45) is 0 Å². The van der Waals surface area contributed by atoms with Crippen LogP contribution in [0.1, 0.15) is 28.4 Å². The van der Waals surface area contributed by atoms with Gasteiger partial charge >= 0.3 is 15.7 Å². The second-order valence-electron chi connectivity index (χ2n) is 9.32. The zero-order valence-electron chi connectivity index (χ0n) is 23.5. The van der Waals surface area contributed by atoms with Gasteiger partial charge in [0.1, 0.15) is 11.0 Å². The Morgan fingerprint density at radius 2 is 1.28 bits per heavy atom. The highest BCUT2D eigenvalue weighted by Crippen LogP contribution is 2.24. The van der Waals surface area contributed by atoms with E-state index >= 15 is 0 Å². The Morgan fingerprint density at radius 3 is 1.77 bits per heavy atom. The van der Waals surface area contributed by atoms with Crippen LogP contribution in [0.2, 0.25) is 0 Å². The molecule has 9 nitrogen and oxygen atoms in total. The fourth-order valence-corrected chi connectivity index (χ4v) is 5.99. The number of esters is 1. The molecule has 0 saturated heterocycles.